The number of carbonyl (C=O) groups is 1. The van der Waals surface area contributed by atoms with Crippen molar-refractivity contribution in [3.05, 3.63) is 65.7 Å². The highest BCUT2D eigenvalue weighted by Crippen LogP contribution is 2.25. The summed E-state index contributed by atoms with van der Waals surface area (Å²) in [4.78, 5) is 12.4. The second-order valence-electron chi connectivity index (χ2n) is 4.28. The van der Waals surface area contributed by atoms with E-state index in [2.05, 4.69) is 0 Å². The van der Waals surface area contributed by atoms with Crippen LogP contribution in [0.2, 0.25) is 0 Å². The lowest BCUT2D eigenvalue weighted by Crippen LogP contribution is -2.12. The normalized spacial score (nSPS) is 12.1. The van der Waals surface area contributed by atoms with E-state index >= 15 is 0 Å². The van der Waals surface area contributed by atoms with Gasteiger partial charge in [-0.15, -0.1) is 0 Å². The summed E-state index contributed by atoms with van der Waals surface area (Å²) in [5, 5.41) is 9.28. The van der Waals surface area contributed by atoms with E-state index < -0.39 is 0 Å². The third-order valence-electron chi connectivity index (χ3n) is 3.08. The van der Waals surface area contributed by atoms with Crippen LogP contribution in [0.15, 0.2) is 54.6 Å². The predicted octanol–water partition coefficient (Wildman–Crippen LogP) is 3.77. The van der Waals surface area contributed by atoms with Gasteiger partial charge in [-0.25, -0.2) is 0 Å². The molecule has 0 saturated carbocycles. The fourth-order valence-corrected chi connectivity index (χ4v) is 2.08. The van der Waals surface area contributed by atoms with Crippen LogP contribution in [0, 0.1) is 0 Å². The Morgan fingerprint density at radius 2 is 1.67 bits per heavy atom. The molecular weight excluding hydrogens is 224 g/mol. The molecule has 0 radical (unpaired) electrons. The average Bonchev–Trinajstić information content (AvgIpc) is 2.42. The smallest absolute Gasteiger partial charge is 0.170 e. The van der Waals surface area contributed by atoms with Crippen molar-refractivity contribution in [3.8, 4) is 5.75 Å². The van der Waals surface area contributed by atoms with Crippen molar-refractivity contribution in [1.29, 1.82) is 0 Å². The van der Waals surface area contributed by atoms with Gasteiger partial charge in [-0.3, -0.25) is 4.79 Å². The zero-order chi connectivity index (χ0) is 13.0. The number of phenolic OH excluding ortho intramolecular Hbond substituents is 1. The van der Waals surface area contributed by atoms with E-state index in [9.17, 15) is 9.90 Å². The van der Waals surface area contributed by atoms with Crippen molar-refractivity contribution >= 4 is 5.78 Å². The van der Waals surface area contributed by atoms with Gasteiger partial charge >= 0.3 is 0 Å². The Balaban J connectivity index is 2.29. The quantitative estimate of drug-likeness (QED) is 0.826. The van der Waals surface area contributed by atoms with Gasteiger partial charge in [0, 0.05) is 11.5 Å². The van der Waals surface area contributed by atoms with Gasteiger partial charge in [0.1, 0.15) is 5.75 Å². The topological polar surface area (TPSA) is 37.3 Å². The van der Waals surface area contributed by atoms with Crippen LogP contribution in [-0.4, -0.2) is 10.9 Å². The Hall–Kier alpha value is -2.09. The Kier molecular flexibility index (Phi) is 3.78. The van der Waals surface area contributed by atoms with Crippen molar-refractivity contribution in [1.82, 2.24) is 0 Å². The molecule has 0 unspecified atom stereocenters. The van der Waals surface area contributed by atoms with E-state index in [0.717, 1.165) is 17.5 Å². The minimum absolute atomic E-state index is 0.129. The maximum atomic E-state index is 12.4. The first kappa shape index (κ1) is 12.4. The lowest BCUT2D eigenvalue weighted by molar-refractivity contribution is 0.0957. The van der Waals surface area contributed by atoms with E-state index in [4.69, 9.17) is 0 Å². The summed E-state index contributed by atoms with van der Waals surface area (Å²) in [6, 6.07) is 16.2. The fourth-order valence-electron chi connectivity index (χ4n) is 2.08. The molecule has 92 valence electrons. The third kappa shape index (κ3) is 2.59. The molecule has 2 nitrogen and oxygen atoms in total. The summed E-state index contributed by atoms with van der Waals surface area (Å²) in [5.74, 6) is 0.206. The molecule has 0 amide bonds. The minimum Gasteiger partial charge on any atom is -0.508 e. The van der Waals surface area contributed by atoms with Gasteiger partial charge in [0.25, 0.3) is 0 Å². The SMILES string of the molecule is CC[C@@H](C(=O)c1ccccc1)c1ccc(O)cc1. The molecule has 0 bridgehead atoms. The molecule has 2 aromatic rings. The zero-order valence-corrected chi connectivity index (χ0v) is 10.3. The zero-order valence-electron chi connectivity index (χ0n) is 10.3. The van der Waals surface area contributed by atoms with Crippen LogP contribution >= 0.6 is 0 Å². The molecule has 0 saturated heterocycles. The first-order valence-corrected chi connectivity index (χ1v) is 6.10. The molecule has 0 aliphatic rings. The summed E-state index contributed by atoms with van der Waals surface area (Å²) in [6.45, 7) is 2.00. The van der Waals surface area contributed by atoms with Crippen LogP contribution < -0.4 is 0 Å². The highest BCUT2D eigenvalue weighted by Gasteiger charge is 2.19. The van der Waals surface area contributed by atoms with Crippen molar-refractivity contribution in [3.63, 3.8) is 0 Å². The lowest BCUT2D eigenvalue weighted by atomic mass is 9.88. The largest absolute Gasteiger partial charge is 0.508 e. The Morgan fingerprint density at radius 3 is 2.22 bits per heavy atom. The summed E-state index contributed by atoms with van der Waals surface area (Å²) >= 11 is 0. The van der Waals surface area contributed by atoms with Crippen LogP contribution in [0.25, 0.3) is 0 Å². The molecule has 0 aliphatic carbocycles. The number of hydrogen-bond donors (Lipinski definition) is 1. The number of Topliss-reactive ketones (excluding diaryl/α,β-unsaturated/α-hetero) is 1. The van der Waals surface area contributed by atoms with Gasteiger partial charge in [0.15, 0.2) is 5.78 Å². The maximum absolute atomic E-state index is 12.4. The van der Waals surface area contributed by atoms with Crippen LogP contribution in [-0.2, 0) is 0 Å². The number of ketones is 1. The summed E-state index contributed by atoms with van der Waals surface area (Å²) in [5.41, 5.74) is 1.68. The van der Waals surface area contributed by atoms with E-state index in [1.165, 1.54) is 0 Å². The van der Waals surface area contributed by atoms with Gasteiger partial charge in [-0.05, 0) is 24.1 Å². The molecular formula is C16H16O2. The number of benzene rings is 2. The molecule has 1 atom stereocenters. The highest BCUT2D eigenvalue weighted by molar-refractivity contribution is 6.00. The molecule has 2 aromatic carbocycles. The van der Waals surface area contributed by atoms with Crippen molar-refractivity contribution in [2.45, 2.75) is 19.3 Å². The van der Waals surface area contributed by atoms with E-state index in [0.29, 0.717) is 0 Å². The monoisotopic (exact) mass is 240 g/mol. The molecule has 1 N–H and O–H groups in total. The average molecular weight is 240 g/mol. The number of hydrogen-bond acceptors (Lipinski definition) is 2. The molecule has 18 heavy (non-hydrogen) atoms. The second kappa shape index (κ2) is 5.50. The van der Waals surface area contributed by atoms with Crippen LogP contribution in [0.3, 0.4) is 0 Å². The molecule has 0 fully saturated rings. The summed E-state index contributed by atoms with van der Waals surface area (Å²) in [6.07, 6.45) is 0.749. The number of rotatable bonds is 4. The first-order chi connectivity index (χ1) is 8.72. The fraction of sp³-hybridized carbons (Fsp3) is 0.188. The molecule has 0 spiro atoms. The molecule has 2 rings (SSSR count). The third-order valence-corrected chi connectivity index (χ3v) is 3.08. The van der Waals surface area contributed by atoms with E-state index in [-0.39, 0.29) is 17.5 Å². The molecule has 2 heteroatoms. The molecule has 0 heterocycles. The van der Waals surface area contributed by atoms with Crippen LogP contribution in [0.4, 0.5) is 0 Å². The minimum atomic E-state index is -0.145. The van der Waals surface area contributed by atoms with Gasteiger partial charge in [0.05, 0.1) is 0 Å². The second-order valence-corrected chi connectivity index (χ2v) is 4.28. The van der Waals surface area contributed by atoms with Gasteiger partial charge in [0.2, 0.25) is 0 Å². The highest BCUT2D eigenvalue weighted by atomic mass is 16.3. The Morgan fingerprint density at radius 1 is 1.06 bits per heavy atom. The van der Waals surface area contributed by atoms with Crippen LogP contribution in [0.5, 0.6) is 5.75 Å². The van der Waals surface area contributed by atoms with E-state index in [1.54, 1.807) is 12.1 Å². The van der Waals surface area contributed by atoms with Crippen LogP contribution in [0.1, 0.15) is 35.2 Å². The Bertz CT molecular complexity index is 515. The summed E-state index contributed by atoms with van der Waals surface area (Å²) < 4.78 is 0. The lowest BCUT2D eigenvalue weighted by Gasteiger charge is -2.14. The van der Waals surface area contributed by atoms with Gasteiger partial charge in [-0.1, -0.05) is 49.4 Å². The number of aromatic hydroxyl groups is 1. The number of phenols is 1. The standard InChI is InChI=1S/C16H16O2/c1-2-15(12-8-10-14(17)11-9-12)16(18)13-6-4-3-5-7-13/h3-11,15,17H,2H2,1H3/t15-/m1/s1. The molecule has 0 aromatic heterocycles. The van der Waals surface area contributed by atoms with E-state index in [1.807, 2.05) is 49.4 Å². The van der Waals surface area contributed by atoms with Gasteiger partial charge in [-0.2, -0.15) is 0 Å². The first-order valence-electron chi connectivity index (χ1n) is 6.10. The van der Waals surface area contributed by atoms with Crippen molar-refractivity contribution in [2.24, 2.45) is 0 Å². The maximum Gasteiger partial charge on any atom is 0.170 e. The summed E-state index contributed by atoms with van der Waals surface area (Å²) in [7, 11) is 0. The predicted molar refractivity (Wildman–Crippen MR) is 71.9 cm³/mol. The van der Waals surface area contributed by atoms with Gasteiger partial charge < -0.3 is 5.11 Å². The molecule has 0 aliphatic heterocycles. The van der Waals surface area contributed by atoms with Crippen molar-refractivity contribution in [2.75, 3.05) is 0 Å². The van der Waals surface area contributed by atoms with Crippen molar-refractivity contribution < 1.29 is 9.90 Å². The number of carbonyl (C=O) groups excluding carboxylic acids is 1. The Labute approximate surface area is 107 Å².